The highest BCUT2D eigenvalue weighted by molar-refractivity contribution is 7.89. The van der Waals surface area contributed by atoms with E-state index in [1.807, 2.05) is 63.5 Å². The van der Waals surface area contributed by atoms with E-state index in [1.54, 1.807) is 31.2 Å². The third kappa shape index (κ3) is 7.00. The molecular formula is C29H35ClN4O4S2. The number of hydrogen-bond donors (Lipinski definition) is 0. The van der Waals surface area contributed by atoms with Crippen molar-refractivity contribution in [3.8, 4) is 5.75 Å². The van der Waals surface area contributed by atoms with Crippen LogP contribution in [0, 0.1) is 6.92 Å². The molecule has 8 nitrogen and oxygen atoms in total. The van der Waals surface area contributed by atoms with Crippen molar-refractivity contribution in [2.24, 2.45) is 0 Å². The number of ether oxygens (including phenoxy) is 1. The fourth-order valence-electron chi connectivity index (χ4n) is 4.24. The molecule has 0 aliphatic heterocycles. The molecule has 0 N–H and O–H groups in total. The van der Waals surface area contributed by atoms with E-state index in [4.69, 9.17) is 9.72 Å². The second-order valence-electron chi connectivity index (χ2n) is 9.64. The molecule has 0 saturated heterocycles. The van der Waals surface area contributed by atoms with Crippen LogP contribution in [0.25, 0.3) is 10.2 Å². The Morgan fingerprint density at radius 1 is 0.950 bits per heavy atom. The maximum absolute atomic E-state index is 13.8. The fraction of sp³-hybridized carbons (Fsp3) is 0.310. The van der Waals surface area contributed by atoms with E-state index in [9.17, 15) is 13.2 Å². The molecule has 0 aliphatic rings. The predicted molar refractivity (Wildman–Crippen MR) is 165 cm³/mol. The van der Waals surface area contributed by atoms with Crippen molar-refractivity contribution in [3.63, 3.8) is 0 Å². The van der Waals surface area contributed by atoms with Gasteiger partial charge in [0.15, 0.2) is 5.13 Å². The van der Waals surface area contributed by atoms with Crippen molar-refractivity contribution in [1.29, 1.82) is 0 Å². The van der Waals surface area contributed by atoms with Gasteiger partial charge in [-0.3, -0.25) is 9.69 Å². The summed E-state index contributed by atoms with van der Waals surface area (Å²) in [5, 5.41) is 0.584. The van der Waals surface area contributed by atoms with Crippen LogP contribution in [-0.2, 0) is 16.6 Å². The fourth-order valence-corrected chi connectivity index (χ4v) is 6.47. The zero-order valence-corrected chi connectivity index (χ0v) is 25.8. The van der Waals surface area contributed by atoms with Crippen LogP contribution in [0.15, 0.2) is 71.6 Å². The van der Waals surface area contributed by atoms with Crippen LogP contribution >= 0.6 is 23.7 Å². The average molecular weight is 603 g/mol. The molecule has 0 unspecified atom stereocenters. The number of carbonyl (C=O) groups excluding carboxylic acids is 1. The molecule has 0 aliphatic carbocycles. The summed E-state index contributed by atoms with van der Waals surface area (Å²) in [4.78, 5) is 22.4. The minimum Gasteiger partial charge on any atom is -0.494 e. The molecule has 4 rings (SSSR count). The van der Waals surface area contributed by atoms with Crippen LogP contribution in [0.5, 0.6) is 5.75 Å². The van der Waals surface area contributed by atoms with Gasteiger partial charge in [-0.05, 0) is 75.4 Å². The maximum Gasteiger partial charge on any atom is 0.260 e. The van der Waals surface area contributed by atoms with Gasteiger partial charge >= 0.3 is 0 Å². The van der Waals surface area contributed by atoms with Crippen LogP contribution in [0.2, 0.25) is 0 Å². The highest BCUT2D eigenvalue weighted by Crippen LogP contribution is 2.37. The minimum atomic E-state index is -3.73. The molecule has 0 atom stereocenters. The molecule has 0 saturated carbocycles. The van der Waals surface area contributed by atoms with E-state index in [0.717, 1.165) is 34.3 Å². The summed E-state index contributed by atoms with van der Waals surface area (Å²) in [5.74, 6) is 0.430. The molecule has 40 heavy (non-hydrogen) atoms. The Morgan fingerprint density at radius 3 is 2.25 bits per heavy atom. The zero-order chi connectivity index (χ0) is 28.2. The lowest BCUT2D eigenvalue weighted by atomic mass is 10.2. The van der Waals surface area contributed by atoms with Crippen molar-refractivity contribution in [2.45, 2.75) is 24.8 Å². The second-order valence-corrected chi connectivity index (χ2v) is 12.7. The van der Waals surface area contributed by atoms with Crippen LogP contribution in [0.4, 0.5) is 5.13 Å². The van der Waals surface area contributed by atoms with Gasteiger partial charge < -0.3 is 9.64 Å². The Labute approximate surface area is 246 Å². The number of rotatable bonds is 11. The first-order chi connectivity index (χ1) is 18.6. The number of aryl methyl sites for hydroxylation is 1. The number of hydrogen-bond acceptors (Lipinski definition) is 7. The van der Waals surface area contributed by atoms with Gasteiger partial charge in [-0.2, -0.15) is 4.31 Å². The highest BCUT2D eigenvalue weighted by atomic mass is 35.5. The minimum absolute atomic E-state index is 0. The lowest BCUT2D eigenvalue weighted by Gasteiger charge is -2.21. The number of fused-ring (bicyclic) bond motifs is 1. The van der Waals surface area contributed by atoms with Gasteiger partial charge in [0.2, 0.25) is 10.0 Å². The number of benzene rings is 3. The maximum atomic E-state index is 13.8. The predicted octanol–water partition coefficient (Wildman–Crippen LogP) is 5.45. The normalized spacial score (nSPS) is 11.6. The van der Waals surface area contributed by atoms with Crippen molar-refractivity contribution in [2.75, 3.05) is 46.2 Å². The van der Waals surface area contributed by atoms with Crippen molar-refractivity contribution in [1.82, 2.24) is 14.2 Å². The largest absolute Gasteiger partial charge is 0.494 e. The Morgan fingerprint density at radius 2 is 1.62 bits per heavy atom. The van der Waals surface area contributed by atoms with Crippen LogP contribution in [0.3, 0.4) is 0 Å². The van der Waals surface area contributed by atoms with Crippen molar-refractivity contribution < 1.29 is 17.9 Å². The second kappa shape index (κ2) is 13.6. The summed E-state index contributed by atoms with van der Waals surface area (Å²) in [5.41, 5.74) is 3.08. The van der Waals surface area contributed by atoms with Crippen molar-refractivity contribution in [3.05, 3.63) is 83.4 Å². The van der Waals surface area contributed by atoms with Crippen LogP contribution < -0.4 is 9.64 Å². The molecule has 1 amide bonds. The van der Waals surface area contributed by atoms with E-state index in [-0.39, 0.29) is 29.8 Å². The number of carbonyl (C=O) groups is 1. The molecule has 214 valence electrons. The topological polar surface area (TPSA) is 83.0 Å². The van der Waals surface area contributed by atoms with Crippen LogP contribution in [-0.4, -0.2) is 69.9 Å². The quantitative estimate of drug-likeness (QED) is 0.227. The first kappa shape index (κ1) is 31.5. The molecule has 0 spiro atoms. The third-order valence-corrected chi connectivity index (χ3v) is 9.46. The Kier molecular flexibility index (Phi) is 10.7. The van der Waals surface area contributed by atoms with Gasteiger partial charge in [0, 0.05) is 25.7 Å². The van der Waals surface area contributed by atoms with E-state index in [1.165, 1.54) is 27.8 Å². The summed E-state index contributed by atoms with van der Waals surface area (Å²) in [7, 11) is 3.42. The average Bonchev–Trinajstić information content (AvgIpc) is 3.37. The molecule has 1 heterocycles. The summed E-state index contributed by atoms with van der Waals surface area (Å²) in [6.45, 7) is 3.54. The SMILES string of the molecule is COc1ccc(C)c2sc(N(CCCN(C)C)C(=O)c3ccc(S(=O)(=O)N(C)Cc4ccccc4)cc3)nc12.Cl. The number of sulfonamides is 1. The molecule has 11 heteroatoms. The Bertz CT molecular complexity index is 1540. The first-order valence-corrected chi connectivity index (χ1v) is 14.9. The van der Waals surface area contributed by atoms with Gasteiger partial charge in [0.1, 0.15) is 11.3 Å². The monoisotopic (exact) mass is 602 g/mol. The summed E-state index contributed by atoms with van der Waals surface area (Å²) >= 11 is 1.45. The number of anilines is 1. The number of halogens is 1. The lowest BCUT2D eigenvalue weighted by molar-refractivity contribution is 0.0986. The smallest absolute Gasteiger partial charge is 0.260 e. The van der Waals surface area contributed by atoms with E-state index in [2.05, 4.69) is 4.90 Å². The van der Waals surface area contributed by atoms with Gasteiger partial charge in [0.25, 0.3) is 5.91 Å². The number of thiazole rings is 1. The molecule has 1 aromatic heterocycles. The molecule has 4 aromatic rings. The first-order valence-electron chi connectivity index (χ1n) is 12.6. The van der Waals surface area contributed by atoms with Crippen LogP contribution in [0.1, 0.15) is 27.9 Å². The van der Waals surface area contributed by atoms with Gasteiger partial charge in [-0.15, -0.1) is 12.4 Å². The van der Waals surface area contributed by atoms with Gasteiger partial charge in [-0.1, -0.05) is 47.7 Å². The summed E-state index contributed by atoms with van der Waals surface area (Å²) < 4.78 is 34.1. The Balaban J connectivity index is 0.00000441. The number of amides is 1. The van der Waals surface area contributed by atoms with Crippen molar-refractivity contribution >= 4 is 55.0 Å². The molecule has 3 aromatic carbocycles. The molecule has 0 bridgehead atoms. The number of methoxy groups -OCH3 is 1. The number of nitrogens with zero attached hydrogens (tertiary/aromatic N) is 4. The molecule has 0 radical (unpaired) electrons. The summed E-state index contributed by atoms with van der Waals surface area (Å²) in [6, 6.07) is 19.4. The summed E-state index contributed by atoms with van der Waals surface area (Å²) in [6.07, 6.45) is 0.752. The molecule has 0 fully saturated rings. The third-order valence-electron chi connectivity index (χ3n) is 6.43. The van der Waals surface area contributed by atoms with Gasteiger partial charge in [0.05, 0.1) is 16.7 Å². The zero-order valence-electron chi connectivity index (χ0n) is 23.3. The highest BCUT2D eigenvalue weighted by Gasteiger charge is 2.25. The van der Waals surface area contributed by atoms with E-state index < -0.39 is 10.0 Å². The molecular weight excluding hydrogens is 568 g/mol. The Hall–Kier alpha value is -3.02. The van der Waals surface area contributed by atoms with Gasteiger partial charge in [-0.25, -0.2) is 13.4 Å². The van der Waals surface area contributed by atoms with E-state index >= 15 is 0 Å². The number of aromatic nitrogens is 1. The lowest BCUT2D eigenvalue weighted by Crippen LogP contribution is -2.33. The standard InChI is InChI=1S/C29H34N4O4S2.ClH/c1-21-12-17-25(37-5)26-27(21)38-29(30-26)33(19-9-18-31(2)3)28(34)23-13-15-24(16-14-23)39(35,36)32(4)20-22-10-7-6-8-11-22;/h6-8,10-17H,9,18-20H2,1-5H3;1H. The van der Waals surface area contributed by atoms with E-state index in [0.29, 0.717) is 23.0 Å².